The number of para-hydroxylation sites is 2. The minimum absolute atomic E-state index is 0.0603. The number of benzene rings is 3. The first-order chi connectivity index (χ1) is 15.7. The van der Waals surface area contributed by atoms with Crippen LogP contribution in [0.2, 0.25) is 0 Å². The standard InChI is InChI=1S/C26H26N4O2/c1-32-22-13-11-21(12-14-22)25(31)28-15-17-29(18-16-28)26-27-23-9-5-6-10-24(23)30(26)19-20-7-3-2-4-8-20/h2-14H,15-19H2,1H3. The highest BCUT2D eigenvalue weighted by Crippen LogP contribution is 2.25. The molecule has 1 saturated heterocycles. The van der Waals surface area contributed by atoms with Crippen LogP contribution in [0.4, 0.5) is 5.95 Å². The number of anilines is 1. The van der Waals surface area contributed by atoms with Crippen molar-refractivity contribution in [3.05, 3.63) is 90.0 Å². The van der Waals surface area contributed by atoms with Gasteiger partial charge in [0.05, 0.1) is 24.7 Å². The van der Waals surface area contributed by atoms with Gasteiger partial charge in [0.1, 0.15) is 5.75 Å². The number of carbonyl (C=O) groups excluding carboxylic acids is 1. The summed E-state index contributed by atoms with van der Waals surface area (Å²) in [7, 11) is 1.63. The summed E-state index contributed by atoms with van der Waals surface area (Å²) in [5.74, 6) is 1.78. The van der Waals surface area contributed by atoms with Crippen LogP contribution < -0.4 is 9.64 Å². The fourth-order valence-corrected chi connectivity index (χ4v) is 4.25. The molecule has 0 atom stereocenters. The molecule has 32 heavy (non-hydrogen) atoms. The van der Waals surface area contributed by atoms with Crippen LogP contribution in [0.5, 0.6) is 5.75 Å². The van der Waals surface area contributed by atoms with Gasteiger partial charge < -0.3 is 19.1 Å². The highest BCUT2D eigenvalue weighted by molar-refractivity contribution is 5.94. The van der Waals surface area contributed by atoms with Crippen molar-refractivity contribution in [1.82, 2.24) is 14.5 Å². The molecule has 162 valence electrons. The lowest BCUT2D eigenvalue weighted by molar-refractivity contribution is 0.0746. The van der Waals surface area contributed by atoms with E-state index in [0.29, 0.717) is 18.7 Å². The van der Waals surface area contributed by atoms with E-state index >= 15 is 0 Å². The van der Waals surface area contributed by atoms with Crippen molar-refractivity contribution in [1.29, 1.82) is 0 Å². The third kappa shape index (κ3) is 3.91. The first-order valence-electron chi connectivity index (χ1n) is 10.9. The van der Waals surface area contributed by atoms with Crippen LogP contribution in [-0.4, -0.2) is 53.6 Å². The summed E-state index contributed by atoms with van der Waals surface area (Å²) < 4.78 is 7.48. The number of hydrogen-bond donors (Lipinski definition) is 0. The highest BCUT2D eigenvalue weighted by atomic mass is 16.5. The zero-order chi connectivity index (χ0) is 21.9. The maximum Gasteiger partial charge on any atom is 0.253 e. The number of piperazine rings is 1. The van der Waals surface area contributed by atoms with Crippen LogP contribution in [0.25, 0.3) is 11.0 Å². The van der Waals surface area contributed by atoms with Gasteiger partial charge >= 0.3 is 0 Å². The van der Waals surface area contributed by atoms with E-state index in [2.05, 4.69) is 51.9 Å². The van der Waals surface area contributed by atoms with Gasteiger partial charge in [-0.15, -0.1) is 0 Å². The molecule has 1 aliphatic heterocycles. The summed E-state index contributed by atoms with van der Waals surface area (Å²) in [6.45, 7) is 3.60. The number of nitrogens with zero attached hydrogens (tertiary/aromatic N) is 4. The van der Waals surface area contributed by atoms with Gasteiger partial charge in [-0.2, -0.15) is 0 Å². The van der Waals surface area contributed by atoms with E-state index in [-0.39, 0.29) is 5.91 Å². The van der Waals surface area contributed by atoms with E-state index < -0.39 is 0 Å². The number of hydrogen-bond acceptors (Lipinski definition) is 4. The predicted octanol–water partition coefficient (Wildman–Crippen LogP) is 4.06. The second-order valence-corrected chi connectivity index (χ2v) is 7.98. The van der Waals surface area contributed by atoms with Crippen molar-refractivity contribution in [3.63, 3.8) is 0 Å². The predicted molar refractivity (Wildman–Crippen MR) is 126 cm³/mol. The molecule has 1 amide bonds. The van der Waals surface area contributed by atoms with E-state index in [1.807, 2.05) is 41.3 Å². The number of fused-ring (bicyclic) bond motifs is 1. The summed E-state index contributed by atoms with van der Waals surface area (Å²) >= 11 is 0. The Morgan fingerprint density at radius 2 is 1.56 bits per heavy atom. The Morgan fingerprint density at radius 1 is 0.875 bits per heavy atom. The SMILES string of the molecule is COc1ccc(C(=O)N2CCN(c3nc4ccccc4n3Cc3ccccc3)CC2)cc1. The molecule has 6 nitrogen and oxygen atoms in total. The largest absolute Gasteiger partial charge is 0.497 e. The van der Waals surface area contributed by atoms with Crippen LogP contribution >= 0.6 is 0 Å². The van der Waals surface area contributed by atoms with E-state index in [0.717, 1.165) is 42.4 Å². The molecule has 0 saturated carbocycles. The van der Waals surface area contributed by atoms with E-state index in [4.69, 9.17) is 9.72 Å². The Kier molecular flexibility index (Phi) is 5.50. The molecule has 1 fully saturated rings. The van der Waals surface area contributed by atoms with Crippen LogP contribution in [-0.2, 0) is 6.54 Å². The number of aromatic nitrogens is 2. The molecule has 6 heteroatoms. The van der Waals surface area contributed by atoms with Crippen molar-refractivity contribution in [2.45, 2.75) is 6.54 Å². The molecule has 0 unspecified atom stereocenters. The Balaban J connectivity index is 1.35. The fourth-order valence-electron chi connectivity index (χ4n) is 4.25. The molecule has 0 bridgehead atoms. The van der Waals surface area contributed by atoms with E-state index in [1.54, 1.807) is 7.11 Å². The summed E-state index contributed by atoms with van der Waals surface area (Å²) in [6.07, 6.45) is 0. The van der Waals surface area contributed by atoms with Gasteiger partial charge in [-0.1, -0.05) is 42.5 Å². The van der Waals surface area contributed by atoms with Gasteiger partial charge in [-0.25, -0.2) is 4.98 Å². The second kappa shape index (κ2) is 8.75. The van der Waals surface area contributed by atoms with Crippen molar-refractivity contribution in [3.8, 4) is 5.75 Å². The summed E-state index contributed by atoms with van der Waals surface area (Å²) in [4.78, 5) is 22.1. The maximum absolute atomic E-state index is 12.9. The first-order valence-corrected chi connectivity index (χ1v) is 10.9. The number of imidazole rings is 1. The number of rotatable bonds is 5. The Morgan fingerprint density at radius 3 is 2.28 bits per heavy atom. The van der Waals surface area contributed by atoms with Crippen molar-refractivity contribution < 1.29 is 9.53 Å². The Bertz CT molecular complexity index is 1210. The molecule has 0 aliphatic carbocycles. The molecule has 3 aromatic carbocycles. The Labute approximate surface area is 187 Å². The van der Waals surface area contributed by atoms with Gasteiger partial charge in [-0.3, -0.25) is 4.79 Å². The molecular formula is C26H26N4O2. The molecule has 5 rings (SSSR count). The third-order valence-electron chi connectivity index (χ3n) is 6.00. The maximum atomic E-state index is 12.9. The molecule has 0 spiro atoms. The van der Waals surface area contributed by atoms with E-state index in [9.17, 15) is 4.79 Å². The van der Waals surface area contributed by atoms with Crippen molar-refractivity contribution in [2.75, 3.05) is 38.2 Å². The van der Waals surface area contributed by atoms with Crippen LogP contribution in [0, 0.1) is 0 Å². The van der Waals surface area contributed by atoms with Gasteiger partial charge in [0.15, 0.2) is 0 Å². The highest BCUT2D eigenvalue weighted by Gasteiger charge is 2.25. The molecular weight excluding hydrogens is 400 g/mol. The summed E-state index contributed by atoms with van der Waals surface area (Å²) in [5.41, 5.74) is 4.05. The van der Waals surface area contributed by atoms with Gasteiger partial charge in [0.25, 0.3) is 5.91 Å². The van der Waals surface area contributed by atoms with Crippen LogP contribution in [0.1, 0.15) is 15.9 Å². The molecule has 2 heterocycles. The van der Waals surface area contributed by atoms with E-state index in [1.165, 1.54) is 5.56 Å². The fraction of sp³-hybridized carbons (Fsp3) is 0.231. The summed E-state index contributed by atoms with van der Waals surface area (Å²) in [6, 6.07) is 26.0. The third-order valence-corrected chi connectivity index (χ3v) is 6.00. The average molecular weight is 427 g/mol. The quantitative estimate of drug-likeness (QED) is 0.483. The first kappa shape index (κ1) is 20.1. The van der Waals surface area contributed by atoms with Crippen molar-refractivity contribution in [2.24, 2.45) is 0 Å². The lowest BCUT2D eigenvalue weighted by atomic mass is 10.1. The van der Waals surface area contributed by atoms with Gasteiger partial charge in [0.2, 0.25) is 5.95 Å². The summed E-state index contributed by atoms with van der Waals surface area (Å²) in [5, 5.41) is 0. The van der Waals surface area contributed by atoms with Crippen molar-refractivity contribution >= 4 is 22.9 Å². The number of amides is 1. The Hall–Kier alpha value is -3.80. The minimum atomic E-state index is 0.0603. The second-order valence-electron chi connectivity index (χ2n) is 7.98. The van der Waals surface area contributed by atoms with Crippen LogP contribution in [0.3, 0.4) is 0 Å². The number of methoxy groups -OCH3 is 1. The molecule has 0 radical (unpaired) electrons. The number of ether oxygens (including phenoxy) is 1. The molecule has 0 N–H and O–H groups in total. The average Bonchev–Trinajstić information content (AvgIpc) is 3.23. The monoisotopic (exact) mass is 426 g/mol. The zero-order valence-electron chi connectivity index (χ0n) is 18.1. The van der Waals surface area contributed by atoms with Gasteiger partial charge in [-0.05, 0) is 42.0 Å². The lowest BCUT2D eigenvalue weighted by Crippen LogP contribution is -2.49. The van der Waals surface area contributed by atoms with Crippen LogP contribution in [0.15, 0.2) is 78.9 Å². The topological polar surface area (TPSA) is 50.6 Å². The molecule has 1 aliphatic rings. The smallest absolute Gasteiger partial charge is 0.253 e. The molecule has 1 aromatic heterocycles. The minimum Gasteiger partial charge on any atom is -0.497 e. The normalized spacial score (nSPS) is 14.0. The number of carbonyl (C=O) groups is 1. The lowest BCUT2D eigenvalue weighted by Gasteiger charge is -2.35. The molecule has 4 aromatic rings. The van der Waals surface area contributed by atoms with Gasteiger partial charge in [0, 0.05) is 31.7 Å². The zero-order valence-corrected chi connectivity index (χ0v) is 18.1.